The third kappa shape index (κ3) is 1.95. The second-order valence-electron chi connectivity index (χ2n) is 4.36. The highest BCUT2D eigenvalue weighted by Gasteiger charge is 1.99. The first-order valence-electron chi connectivity index (χ1n) is 6.01. The van der Waals surface area contributed by atoms with Crippen LogP contribution in [0.25, 0.3) is 21.5 Å². The van der Waals surface area contributed by atoms with Crippen LogP contribution in [-0.2, 0) is 11.3 Å². The number of rotatable bonds is 3. The Hall–Kier alpha value is -2.28. The summed E-state index contributed by atoms with van der Waals surface area (Å²) in [4.78, 5) is 0. The summed E-state index contributed by atoms with van der Waals surface area (Å²) in [7, 11) is 0. The van der Waals surface area contributed by atoms with Gasteiger partial charge in [-0.3, -0.25) is 0 Å². The molecule has 0 saturated heterocycles. The van der Waals surface area contributed by atoms with Crippen LogP contribution in [0.2, 0.25) is 0 Å². The molecule has 0 atom stereocenters. The van der Waals surface area contributed by atoms with E-state index < -0.39 is 0 Å². The van der Waals surface area contributed by atoms with Gasteiger partial charge in [-0.2, -0.15) is 0 Å². The van der Waals surface area contributed by atoms with Crippen molar-refractivity contribution < 1.29 is 4.74 Å². The van der Waals surface area contributed by atoms with E-state index in [1.165, 1.54) is 27.8 Å². The average molecular weight is 234 g/mol. The predicted octanol–water partition coefficient (Wildman–Crippen LogP) is 4.65. The van der Waals surface area contributed by atoms with Gasteiger partial charge in [0.15, 0.2) is 0 Å². The summed E-state index contributed by atoms with van der Waals surface area (Å²) in [6, 6.07) is 19.3. The Labute approximate surface area is 106 Å². The van der Waals surface area contributed by atoms with Crippen LogP contribution in [-0.4, -0.2) is 0 Å². The van der Waals surface area contributed by atoms with Crippen LogP contribution in [0, 0.1) is 0 Å². The molecule has 0 aliphatic heterocycles. The van der Waals surface area contributed by atoms with Crippen molar-refractivity contribution in [1.29, 1.82) is 0 Å². The Balaban J connectivity index is 2.14. The van der Waals surface area contributed by atoms with E-state index in [0.717, 1.165) is 5.56 Å². The van der Waals surface area contributed by atoms with Gasteiger partial charge in [0.05, 0.1) is 6.26 Å². The van der Waals surface area contributed by atoms with Gasteiger partial charge in [-0.25, -0.2) is 0 Å². The van der Waals surface area contributed by atoms with Crippen LogP contribution in [0.5, 0.6) is 0 Å². The molecule has 0 saturated carbocycles. The first kappa shape index (κ1) is 10.8. The maximum Gasteiger partial charge on any atom is 0.112 e. The van der Waals surface area contributed by atoms with E-state index in [-0.39, 0.29) is 0 Å². The molecule has 3 rings (SSSR count). The van der Waals surface area contributed by atoms with Crippen LogP contribution in [0.15, 0.2) is 67.4 Å². The smallest absolute Gasteiger partial charge is 0.112 e. The molecule has 0 heterocycles. The SMILES string of the molecule is C=COCc1ccc2cc3ccccc3cc2c1. The Morgan fingerprint density at radius 3 is 2.22 bits per heavy atom. The fraction of sp³-hybridized carbons (Fsp3) is 0.0588. The maximum atomic E-state index is 5.22. The zero-order chi connectivity index (χ0) is 12.4. The van der Waals surface area contributed by atoms with Crippen LogP contribution in [0.3, 0.4) is 0 Å². The molecule has 0 fully saturated rings. The van der Waals surface area contributed by atoms with Crippen molar-refractivity contribution in [3.63, 3.8) is 0 Å². The Bertz CT molecular complexity index is 713. The molecular formula is C17H14O. The quantitative estimate of drug-likeness (QED) is 0.473. The number of hydrogen-bond donors (Lipinski definition) is 0. The van der Waals surface area contributed by atoms with Crippen molar-refractivity contribution >= 4 is 21.5 Å². The summed E-state index contributed by atoms with van der Waals surface area (Å²) in [5, 5.41) is 5.06. The molecule has 1 nitrogen and oxygen atoms in total. The highest BCUT2D eigenvalue weighted by molar-refractivity contribution is 5.98. The van der Waals surface area contributed by atoms with Gasteiger partial charge < -0.3 is 4.74 Å². The molecule has 88 valence electrons. The van der Waals surface area contributed by atoms with Crippen molar-refractivity contribution in [2.45, 2.75) is 6.61 Å². The Morgan fingerprint density at radius 2 is 1.50 bits per heavy atom. The first-order chi connectivity index (χ1) is 8.86. The van der Waals surface area contributed by atoms with Crippen molar-refractivity contribution in [2.24, 2.45) is 0 Å². The molecule has 0 aromatic heterocycles. The molecule has 18 heavy (non-hydrogen) atoms. The van der Waals surface area contributed by atoms with E-state index in [9.17, 15) is 0 Å². The highest BCUT2D eigenvalue weighted by Crippen LogP contribution is 2.23. The molecule has 0 bridgehead atoms. The van der Waals surface area contributed by atoms with E-state index in [4.69, 9.17) is 4.74 Å². The van der Waals surface area contributed by atoms with Crippen molar-refractivity contribution in [2.75, 3.05) is 0 Å². The maximum absolute atomic E-state index is 5.22. The lowest BCUT2D eigenvalue weighted by atomic mass is 10.0. The zero-order valence-electron chi connectivity index (χ0n) is 10.1. The molecule has 1 heteroatoms. The number of benzene rings is 3. The fourth-order valence-corrected chi connectivity index (χ4v) is 2.23. The largest absolute Gasteiger partial charge is 0.497 e. The number of fused-ring (bicyclic) bond motifs is 2. The lowest BCUT2D eigenvalue weighted by molar-refractivity contribution is 0.238. The average Bonchev–Trinajstić information content (AvgIpc) is 2.42. The van der Waals surface area contributed by atoms with Gasteiger partial charge >= 0.3 is 0 Å². The van der Waals surface area contributed by atoms with Gasteiger partial charge in [0.2, 0.25) is 0 Å². The summed E-state index contributed by atoms with van der Waals surface area (Å²) in [6.07, 6.45) is 1.48. The first-order valence-corrected chi connectivity index (χ1v) is 6.01. The van der Waals surface area contributed by atoms with Gasteiger partial charge in [-0.1, -0.05) is 43.0 Å². The van der Waals surface area contributed by atoms with E-state index in [1.807, 2.05) is 0 Å². The van der Waals surface area contributed by atoms with Crippen molar-refractivity contribution in [3.05, 3.63) is 73.0 Å². The van der Waals surface area contributed by atoms with Gasteiger partial charge in [0.25, 0.3) is 0 Å². The molecule has 0 aliphatic rings. The van der Waals surface area contributed by atoms with E-state index in [2.05, 4.69) is 61.2 Å². The fourth-order valence-electron chi connectivity index (χ4n) is 2.23. The highest BCUT2D eigenvalue weighted by atomic mass is 16.5. The summed E-state index contributed by atoms with van der Waals surface area (Å²) in [6.45, 7) is 4.13. The molecule has 0 aliphatic carbocycles. The third-order valence-electron chi connectivity index (χ3n) is 3.14. The minimum atomic E-state index is 0.576. The van der Waals surface area contributed by atoms with E-state index >= 15 is 0 Å². The van der Waals surface area contributed by atoms with Crippen molar-refractivity contribution in [1.82, 2.24) is 0 Å². The van der Waals surface area contributed by atoms with Crippen LogP contribution < -0.4 is 0 Å². The third-order valence-corrected chi connectivity index (χ3v) is 3.14. The minimum absolute atomic E-state index is 0.576. The zero-order valence-corrected chi connectivity index (χ0v) is 10.1. The number of hydrogen-bond acceptors (Lipinski definition) is 1. The lowest BCUT2D eigenvalue weighted by Gasteiger charge is -2.05. The van der Waals surface area contributed by atoms with Gasteiger partial charge in [-0.05, 0) is 45.3 Å². The normalized spacial score (nSPS) is 10.7. The molecule has 0 unspecified atom stereocenters. The Morgan fingerprint density at radius 1 is 0.833 bits per heavy atom. The van der Waals surface area contributed by atoms with Crippen molar-refractivity contribution in [3.8, 4) is 0 Å². The minimum Gasteiger partial charge on any atom is -0.497 e. The molecule has 3 aromatic rings. The summed E-state index contributed by atoms with van der Waals surface area (Å²) >= 11 is 0. The van der Waals surface area contributed by atoms with Gasteiger partial charge in [0, 0.05) is 0 Å². The van der Waals surface area contributed by atoms with Gasteiger partial charge in [0.1, 0.15) is 6.61 Å². The number of ether oxygens (including phenoxy) is 1. The summed E-state index contributed by atoms with van der Waals surface area (Å²) in [5.74, 6) is 0. The van der Waals surface area contributed by atoms with Crippen LogP contribution in [0.4, 0.5) is 0 Å². The predicted molar refractivity (Wildman–Crippen MR) is 76.4 cm³/mol. The lowest BCUT2D eigenvalue weighted by Crippen LogP contribution is -1.86. The molecule has 0 N–H and O–H groups in total. The second kappa shape index (κ2) is 4.53. The monoisotopic (exact) mass is 234 g/mol. The topological polar surface area (TPSA) is 9.23 Å². The molecule has 0 amide bonds. The second-order valence-corrected chi connectivity index (χ2v) is 4.36. The van der Waals surface area contributed by atoms with Crippen LogP contribution in [0.1, 0.15) is 5.56 Å². The molecule has 0 spiro atoms. The standard InChI is InChI=1S/C17H14O/c1-2-18-12-13-7-8-16-10-14-5-3-4-6-15(14)11-17(16)9-13/h2-11H,1,12H2. The Kier molecular flexibility index (Phi) is 2.73. The van der Waals surface area contributed by atoms with E-state index in [1.54, 1.807) is 0 Å². The summed E-state index contributed by atoms with van der Waals surface area (Å²) in [5.41, 5.74) is 1.16. The molecule has 3 aromatic carbocycles. The molecular weight excluding hydrogens is 220 g/mol. The van der Waals surface area contributed by atoms with Crippen LogP contribution >= 0.6 is 0 Å². The summed E-state index contributed by atoms with van der Waals surface area (Å²) < 4.78 is 5.22. The van der Waals surface area contributed by atoms with Gasteiger partial charge in [-0.15, -0.1) is 0 Å². The molecule has 0 radical (unpaired) electrons. The van der Waals surface area contributed by atoms with E-state index in [0.29, 0.717) is 6.61 Å².